The van der Waals surface area contributed by atoms with Crippen molar-refractivity contribution in [1.29, 1.82) is 0 Å². The van der Waals surface area contributed by atoms with E-state index in [1.807, 2.05) is 24.3 Å². The Bertz CT molecular complexity index is 344. The summed E-state index contributed by atoms with van der Waals surface area (Å²) in [5.41, 5.74) is 12.8. The van der Waals surface area contributed by atoms with Crippen LogP contribution in [0.2, 0.25) is 0 Å². The van der Waals surface area contributed by atoms with Crippen molar-refractivity contribution in [1.82, 2.24) is 0 Å². The molecule has 0 spiro atoms. The Balaban J connectivity index is 3.24. The average Bonchev–Trinajstić information content (AvgIpc) is 2.01. The number of nitrogens with two attached hydrogens (primary N) is 2. The fourth-order valence-electron chi connectivity index (χ4n) is 1.34. The zero-order valence-corrected chi connectivity index (χ0v) is 8.91. The Morgan fingerprint density at radius 2 is 1.71 bits per heavy atom. The molecule has 0 bridgehead atoms. The molecule has 0 aliphatic rings. The topological polar surface area (TPSA) is 64.4 Å². The summed E-state index contributed by atoms with van der Waals surface area (Å²) in [4.78, 5) is 4.10. The lowest BCUT2D eigenvalue weighted by Gasteiger charge is -2.20. The second-order valence-electron chi connectivity index (χ2n) is 4.30. The molecule has 0 aliphatic carbocycles. The molecule has 0 fully saturated rings. The summed E-state index contributed by atoms with van der Waals surface area (Å²) in [6.07, 6.45) is 0. The van der Waals surface area contributed by atoms with Gasteiger partial charge < -0.3 is 11.5 Å². The van der Waals surface area contributed by atoms with Crippen LogP contribution in [-0.4, -0.2) is 5.96 Å². The highest BCUT2D eigenvalue weighted by Gasteiger charge is 2.16. The van der Waals surface area contributed by atoms with Crippen LogP contribution in [0.5, 0.6) is 0 Å². The molecule has 1 aromatic rings. The third kappa shape index (κ3) is 2.49. The summed E-state index contributed by atoms with van der Waals surface area (Å²) in [7, 11) is 0. The minimum Gasteiger partial charge on any atom is -0.370 e. The number of benzene rings is 1. The molecule has 1 aromatic carbocycles. The predicted molar refractivity (Wildman–Crippen MR) is 60.6 cm³/mol. The van der Waals surface area contributed by atoms with Gasteiger partial charge in [-0.3, -0.25) is 0 Å². The number of hydrogen-bond donors (Lipinski definition) is 2. The molecule has 76 valence electrons. The first-order valence-corrected chi connectivity index (χ1v) is 4.60. The van der Waals surface area contributed by atoms with E-state index >= 15 is 0 Å². The molecule has 4 N–H and O–H groups in total. The molecule has 3 heteroatoms. The predicted octanol–water partition coefficient (Wildman–Crippen LogP) is 1.89. The second-order valence-corrected chi connectivity index (χ2v) is 4.30. The van der Waals surface area contributed by atoms with Gasteiger partial charge in [0, 0.05) is 0 Å². The monoisotopic (exact) mass is 191 g/mol. The van der Waals surface area contributed by atoms with Crippen molar-refractivity contribution in [2.45, 2.75) is 26.2 Å². The molecular formula is C11H17N3. The van der Waals surface area contributed by atoms with Gasteiger partial charge in [0.15, 0.2) is 5.96 Å². The number of hydrogen-bond acceptors (Lipinski definition) is 1. The minimum absolute atomic E-state index is 0.0511. The van der Waals surface area contributed by atoms with E-state index in [2.05, 4.69) is 25.8 Å². The molecule has 0 atom stereocenters. The van der Waals surface area contributed by atoms with E-state index in [0.717, 1.165) is 11.3 Å². The first kappa shape index (κ1) is 10.6. The van der Waals surface area contributed by atoms with Gasteiger partial charge >= 0.3 is 0 Å². The van der Waals surface area contributed by atoms with Crippen molar-refractivity contribution in [2.24, 2.45) is 16.5 Å². The van der Waals surface area contributed by atoms with E-state index in [-0.39, 0.29) is 11.4 Å². The zero-order valence-electron chi connectivity index (χ0n) is 8.91. The molecule has 0 saturated carbocycles. The Morgan fingerprint density at radius 1 is 1.14 bits per heavy atom. The van der Waals surface area contributed by atoms with Crippen LogP contribution >= 0.6 is 0 Å². The molecule has 0 amide bonds. The molecule has 0 radical (unpaired) electrons. The van der Waals surface area contributed by atoms with Crippen molar-refractivity contribution in [3.05, 3.63) is 29.8 Å². The van der Waals surface area contributed by atoms with Crippen LogP contribution in [0.3, 0.4) is 0 Å². The molecule has 0 aromatic heterocycles. The molecule has 0 saturated heterocycles. The Morgan fingerprint density at radius 3 is 2.21 bits per heavy atom. The van der Waals surface area contributed by atoms with Crippen molar-refractivity contribution in [3.63, 3.8) is 0 Å². The quantitative estimate of drug-likeness (QED) is 0.526. The summed E-state index contributed by atoms with van der Waals surface area (Å²) in [5, 5.41) is 0. The Hall–Kier alpha value is -1.51. The first-order chi connectivity index (χ1) is 6.41. The maximum absolute atomic E-state index is 5.36. The van der Waals surface area contributed by atoms with Gasteiger partial charge in [0.25, 0.3) is 0 Å². The van der Waals surface area contributed by atoms with Gasteiger partial charge in [-0.05, 0) is 17.0 Å². The molecule has 0 heterocycles. The van der Waals surface area contributed by atoms with Crippen molar-refractivity contribution in [2.75, 3.05) is 0 Å². The lowest BCUT2D eigenvalue weighted by Crippen LogP contribution is -2.22. The standard InChI is InChI=1S/C11H17N3/c1-11(2,3)8-6-4-5-7-9(8)14-10(12)13/h4-7H,1-3H3,(H4,12,13,14). The van der Waals surface area contributed by atoms with Crippen molar-refractivity contribution < 1.29 is 0 Å². The lowest BCUT2D eigenvalue weighted by molar-refractivity contribution is 0.591. The second kappa shape index (κ2) is 3.70. The fraction of sp³-hybridized carbons (Fsp3) is 0.364. The number of rotatable bonds is 1. The van der Waals surface area contributed by atoms with Gasteiger partial charge in [0.1, 0.15) is 0 Å². The highest BCUT2D eigenvalue weighted by atomic mass is 15.0. The number of aliphatic imine (C=N–C) groups is 1. The summed E-state index contributed by atoms with van der Waals surface area (Å²) in [6.45, 7) is 6.40. The Kier molecular flexibility index (Phi) is 2.79. The van der Waals surface area contributed by atoms with Crippen molar-refractivity contribution >= 4 is 11.6 Å². The highest BCUT2D eigenvalue weighted by molar-refractivity contribution is 5.79. The normalized spacial score (nSPS) is 11.1. The summed E-state index contributed by atoms with van der Waals surface area (Å²) < 4.78 is 0. The van der Waals surface area contributed by atoms with E-state index in [9.17, 15) is 0 Å². The van der Waals surface area contributed by atoms with E-state index in [4.69, 9.17) is 11.5 Å². The van der Waals surface area contributed by atoms with E-state index in [1.165, 1.54) is 0 Å². The maximum Gasteiger partial charge on any atom is 0.191 e. The molecule has 14 heavy (non-hydrogen) atoms. The molecular weight excluding hydrogens is 174 g/mol. The first-order valence-electron chi connectivity index (χ1n) is 4.60. The van der Waals surface area contributed by atoms with Crippen LogP contribution in [0.15, 0.2) is 29.3 Å². The largest absolute Gasteiger partial charge is 0.370 e. The van der Waals surface area contributed by atoms with Crippen LogP contribution in [0.25, 0.3) is 0 Å². The third-order valence-electron chi connectivity index (χ3n) is 1.96. The number of para-hydroxylation sites is 1. The van der Waals surface area contributed by atoms with E-state index in [0.29, 0.717) is 0 Å². The van der Waals surface area contributed by atoms with E-state index < -0.39 is 0 Å². The molecule has 1 rings (SSSR count). The minimum atomic E-state index is 0.0511. The van der Waals surface area contributed by atoms with Gasteiger partial charge in [0.2, 0.25) is 0 Å². The van der Waals surface area contributed by atoms with Gasteiger partial charge in [0.05, 0.1) is 5.69 Å². The van der Waals surface area contributed by atoms with Gasteiger partial charge in [-0.25, -0.2) is 4.99 Å². The Labute approximate surface area is 84.8 Å². The number of guanidine groups is 1. The van der Waals surface area contributed by atoms with E-state index in [1.54, 1.807) is 0 Å². The fourth-order valence-corrected chi connectivity index (χ4v) is 1.34. The SMILES string of the molecule is CC(C)(C)c1ccccc1N=C(N)N. The number of nitrogens with zero attached hydrogens (tertiary/aromatic N) is 1. The summed E-state index contributed by atoms with van der Waals surface area (Å²) in [5.74, 6) is 0.0988. The van der Waals surface area contributed by atoms with Crippen LogP contribution < -0.4 is 11.5 Å². The van der Waals surface area contributed by atoms with Gasteiger partial charge in [-0.15, -0.1) is 0 Å². The smallest absolute Gasteiger partial charge is 0.191 e. The highest BCUT2D eigenvalue weighted by Crippen LogP contribution is 2.30. The zero-order chi connectivity index (χ0) is 10.8. The third-order valence-corrected chi connectivity index (χ3v) is 1.96. The van der Waals surface area contributed by atoms with Crippen LogP contribution in [0.4, 0.5) is 5.69 Å². The maximum atomic E-state index is 5.36. The van der Waals surface area contributed by atoms with Crippen LogP contribution in [-0.2, 0) is 5.41 Å². The molecule has 3 nitrogen and oxygen atoms in total. The lowest BCUT2D eigenvalue weighted by atomic mass is 9.86. The molecule has 0 aliphatic heterocycles. The molecule has 0 unspecified atom stereocenters. The van der Waals surface area contributed by atoms with Gasteiger partial charge in [-0.2, -0.15) is 0 Å². The van der Waals surface area contributed by atoms with Gasteiger partial charge in [-0.1, -0.05) is 39.0 Å². The summed E-state index contributed by atoms with van der Waals surface area (Å²) >= 11 is 0. The van der Waals surface area contributed by atoms with Crippen LogP contribution in [0.1, 0.15) is 26.3 Å². The van der Waals surface area contributed by atoms with Crippen LogP contribution in [0, 0.1) is 0 Å². The average molecular weight is 191 g/mol. The summed E-state index contributed by atoms with van der Waals surface area (Å²) in [6, 6.07) is 7.88. The van der Waals surface area contributed by atoms with Crippen molar-refractivity contribution in [3.8, 4) is 0 Å².